The van der Waals surface area contributed by atoms with Crippen LogP contribution in [0.2, 0.25) is 5.02 Å². The number of amides is 2. The summed E-state index contributed by atoms with van der Waals surface area (Å²) in [6, 6.07) is 1.40. The zero-order valence-electron chi connectivity index (χ0n) is 14.6. The number of aromatic nitrogens is 1. The lowest BCUT2D eigenvalue weighted by molar-refractivity contribution is -0.129. The Hall–Kier alpha value is -1.86. The Labute approximate surface area is 152 Å². The third-order valence-electron chi connectivity index (χ3n) is 4.62. The maximum Gasteiger partial charge on any atom is 0.255 e. The molecule has 0 saturated carbocycles. The first kappa shape index (κ1) is 17.9. The molecular formula is C17H23ClN4O3. The first-order valence-electron chi connectivity index (χ1n) is 8.49. The van der Waals surface area contributed by atoms with Crippen molar-refractivity contribution in [1.29, 1.82) is 0 Å². The number of carbonyl (C=O) groups is 2. The van der Waals surface area contributed by atoms with E-state index in [2.05, 4.69) is 4.98 Å². The molecule has 2 saturated heterocycles. The maximum atomic E-state index is 12.5. The van der Waals surface area contributed by atoms with Gasteiger partial charge < -0.3 is 19.4 Å². The molecule has 2 aliphatic rings. The van der Waals surface area contributed by atoms with Gasteiger partial charge in [-0.1, -0.05) is 11.6 Å². The van der Waals surface area contributed by atoms with Crippen LogP contribution in [0, 0.1) is 0 Å². The number of nitrogens with zero attached hydrogens (tertiary/aromatic N) is 4. The minimum Gasteiger partial charge on any atom is -0.378 e. The van der Waals surface area contributed by atoms with E-state index in [1.54, 1.807) is 36.2 Å². The molecule has 2 fully saturated rings. The van der Waals surface area contributed by atoms with E-state index in [4.69, 9.17) is 16.3 Å². The van der Waals surface area contributed by atoms with Gasteiger partial charge in [0.15, 0.2) is 0 Å². The van der Waals surface area contributed by atoms with Gasteiger partial charge in [0.25, 0.3) is 5.91 Å². The molecule has 0 radical (unpaired) electrons. The van der Waals surface area contributed by atoms with Gasteiger partial charge in [0.05, 0.1) is 23.8 Å². The van der Waals surface area contributed by atoms with Gasteiger partial charge in [-0.25, -0.2) is 4.98 Å². The summed E-state index contributed by atoms with van der Waals surface area (Å²) in [6.45, 7) is 2.97. The normalized spacial score (nSPS) is 20.7. The molecule has 2 amide bonds. The number of halogens is 1. The van der Waals surface area contributed by atoms with Gasteiger partial charge in [-0.05, 0) is 18.9 Å². The van der Waals surface area contributed by atoms with Crippen molar-refractivity contribution in [2.45, 2.75) is 18.9 Å². The fraction of sp³-hybridized carbons (Fsp3) is 0.588. The van der Waals surface area contributed by atoms with E-state index >= 15 is 0 Å². The zero-order valence-corrected chi connectivity index (χ0v) is 15.3. The molecule has 0 bridgehead atoms. The molecule has 1 atom stereocenters. The number of rotatable bonds is 3. The molecule has 0 N–H and O–H groups in total. The average Bonchev–Trinajstić information content (AvgIpc) is 3.10. The van der Waals surface area contributed by atoms with Crippen molar-refractivity contribution in [3.63, 3.8) is 0 Å². The standard InChI is InChI=1S/C17H23ClN4O3/c1-20(2)17(24)14-4-3-5-22(14)15-13(18)10-12(11-19-15)16(23)21-6-8-25-9-7-21/h10-11,14H,3-9H2,1-2H3. The highest BCUT2D eigenvalue weighted by Crippen LogP contribution is 2.31. The van der Waals surface area contributed by atoms with Crippen molar-refractivity contribution in [1.82, 2.24) is 14.8 Å². The van der Waals surface area contributed by atoms with Gasteiger partial charge in [-0.3, -0.25) is 9.59 Å². The Balaban J connectivity index is 1.79. The maximum absolute atomic E-state index is 12.5. The molecule has 0 aromatic carbocycles. The predicted molar refractivity (Wildman–Crippen MR) is 95.0 cm³/mol. The van der Waals surface area contributed by atoms with Crippen LogP contribution in [-0.2, 0) is 9.53 Å². The van der Waals surface area contributed by atoms with Crippen molar-refractivity contribution >= 4 is 29.2 Å². The van der Waals surface area contributed by atoms with Crippen LogP contribution in [0.3, 0.4) is 0 Å². The van der Waals surface area contributed by atoms with E-state index < -0.39 is 0 Å². The topological polar surface area (TPSA) is 66.0 Å². The predicted octanol–water partition coefficient (Wildman–Crippen LogP) is 1.26. The molecule has 3 heterocycles. The fourth-order valence-electron chi connectivity index (χ4n) is 3.28. The summed E-state index contributed by atoms with van der Waals surface area (Å²) in [5, 5.41) is 0.401. The highest BCUT2D eigenvalue weighted by atomic mass is 35.5. The van der Waals surface area contributed by atoms with Gasteiger partial charge >= 0.3 is 0 Å². The van der Waals surface area contributed by atoms with E-state index in [1.807, 2.05) is 4.90 Å². The van der Waals surface area contributed by atoms with Gasteiger partial charge in [0.2, 0.25) is 5.91 Å². The summed E-state index contributed by atoms with van der Waals surface area (Å²) in [4.78, 5) is 34.6. The van der Waals surface area contributed by atoms with Crippen molar-refractivity contribution in [3.05, 3.63) is 22.8 Å². The first-order chi connectivity index (χ1) is 12.0. The van der Waals surface area contributed by atoms with Crippen LogP contribution in [-0.4, -0.2) is 79.6 Å². The van der Waals surface area contributed by atoms with Crippen molar-refractivity contribution in [2.75, 3.05) is 51.8 Å². The van der Waals surface area contributed by atoms with Gasteiger partial charge in [0.1, 0.15) is 11.9 Å². The highest BCUT2D eigenvalue weighted by Gasteiger charge is 2.34. The van der Waals surface area contributed by atoms with E-state index in [1.165, 1.54) is 0 Å². The van der Waals surface area contributed by atoms with E-state index in [9.17, 15) is 9.59 Å². The van der Waals surface area contributed by atoms with Crippen LogP contribution in [0.5, 0.6) is 0 Å². The molecule has 3 rings (SSSR count). The van der Waals surface area contributed by atoms with Gasteiger partial charge in [-0.2, -0.15) is 0 Å². The van der Waals surface area contributed by atoms with Crippen LogP contribution in [0.1, 0.15) is 23.2 Å². The number of hydrogen-bond acceptors (Lipinski definition) is 5. The quantitative estimate of drug-likeness (QED) is 0.805. The molecule has 1 aromatic heterocycles. The monoisotopic (exact) mass is 366 g/mol. The van der Waals surface area contributed by atoms with Crippen LogP contribution in [0.15, 0.2) is 12.3 Å². The van der Waals surface area contributed by atoms with Crippen LogP contribution < -0.4 is 4.90 Å². The Morgan fingerprint density at radius 3 is 2.64 bits per heavy atom. The first-order valence-corrected chi connectivity index (χ1v) is 8.87. The van der Waals surface area contributed by atoms with Crippen LogP contribution in [0.25, 0.3) is 0 Å². The Kier molecular flexibility index (Phi) is 5.44. The number of hydrogen-bond donors (Lipinski definition) is 0. The van der Waals surface area contributed by atoms with Crippen LogP contribution >= 0.6 is 11.6 Å². The molecule has 0 spiro atoms. The number of pyridine rings is 1. The van der Waals surface area contributed by atoms with Gasteiger partial charge in [-0.15, -0.1) is 0 Å². The third-order valence-corrected chi connectivity index (χ3v) is 4.90. The molecule has 2 aliphatic heterocycles. The highest BCUT2D eigenvalue weighted by molar-refractivity contribution is 6.33. The molecule has 0 aliphatic carbocycles. The van der Waals surface area contributed by atoms with Crippen molar-refractivity contribution < 1.29 is 14.3 Å². The van der Waals surface area contributed by atoms with E-state index in [0.717, 1.165) is 19.4 Å². The summed E-state index contributed by atoms with van der Waals surface area (Å²) in [6.07, 6.45) is 3.24. The van der Waals surface area contributed by atoms with Crippen molar-refractivity contribution in [3.8, 4) is 0 Å². The summed E-state index contributed by atoms with van der Waals surface area (Å²) >= 11 is 6.42. The van der Waals surface area contributed by atoms with E-state index in [-0.39, 0.29) is 17.9 Å². The lowest BCUT2D eigenvalue weighted by Gasteiger charge is -2.29. The summed E-state index contributed by atoms with van der Waals surface area (Å²) in [5.41, 5.74) is 0.463. The smallest absolute Gasteiger partial charge is 0.255 e. The molecule has 1 unspecified atom stereocenters. The molecule has 136 valence electrons. The molecule has 7 nitrogen and oxygen atoms in total. The second-order valence-electron chi connectivity index (χ2n) is 6.52. The molecule has 1 aromatic rings. The van der Waals surface area contributed by atoms with Crippen molar-refractivity contribution in [2.24, 2.45) is 0 Å². The Bertz CT molecular complexity index is 661. The number of likely N-dealkylation sites (N-methyl/N-ethyl adjacent to an activating group) is 1. The van der Waals surface area contributed by atoms with Gasteiger partial charge in [0, 0.05) is 39.9 Å². The molecule has 25 heavy (non-hydrogen) atoms. The SMILES string of the molecule is CN(C)C(=O)C1CCCN1c1ncc(C(=O)N2CCOCC2)cc1Cl. The third kappa shape index (κ3) is 3.72. The second kappa shape index (κ2) is 7.58. The second-order valence-corrected chi connectivity index (χ2v) is 6.93. The zero-order chi connectivity index (χ0) is 18.0. The minimum absolute atomic E-state index is 0.0452. The van der Waals surface area contributed by atoms with E-state index in [0.29, 0.717) is 42.7 Å². The molecular weight excluding hydrogens is 344 g/mol. The average molecular weight is 367 g/mol. The number of anilines is 1. The minimum atomic E-state index is -0.249. The number of morpholine rings is 1. The summed E-state index contributed by atoms with van der Waals surface area (Å²) < 4.78 is 5.27. The number of ether oxygens (including phenoxy) is 1. The molecule has 8 heteroatoms. The summed E-state index contributed by atoms with van der Waals surface area (Å²) in [5.74, 6) is 0.522. The number of carbonyl (C=O) groups excluding carboxylic acids is 2. The summed E-state index contributed by atoms with van der Waals surface area (Å²) in [7, 11) is 3.50. The fourth-order valence-corrected chi connectivity index (χ4v) is 3.56. The largest absolute Gasteiger partial charge is 0.378 e. The lowest BCUT2D eigenvalue weighted by atomic mass is 10.2. The Morgan fingerprint density at radius 1 is 1.28 bits per heavy atom. The lowest BCUT2D eigenvalue weighted by Crippen LogP contribution is -2.43. The Morgan fingerprint density at radius 2 is 2.00 bits per heavy atom. The van der Waals surface area contributed by atoms with Crippen LogP contribution in [0.4, 0.5) is 5.82 Å².